The molecule has 0 N–H and O–H groups in total. The Morgan fingerprint density at radius 3 is 2.28 bits per heavy atom. The molecule has 0 aromatic carbocycles. The third-order valence-corrected chi connectivity index (χ3v) is 4.45. The molecule has 0 amide bonds. The molecular formula is C17H35N. The van der Waals surface area contributed by atoms with Crippen molar-refractivity contribution in [2.24, 2.45) is 17.8 Å². The molecule has 18 heavy (non-hydrogen) atoms. The number of hydrogen-bond acceptors (Lipinski definition) is 1. The largest absolute Gasteiger partial charge is 0.303 e. The fraction of sp³-hybridized carbons (Fsp3) is 1.00. The van der Waals surface area contributed by atoms with Crippen molar-refractivity contribution in [1.29, 1.82) is 0 Å². The van der Waals surface area contributed by atoms with Gasteiger partial charge in [-0.25, -0.2) is 0 Å². The van der Waals surface area contributed by atoms with E-state index in [2.05, 4.69) is 32.6 Å². The van der Waals surface area contributed by atoms with Crippen LogP contribution < -0.4 is 0 Å². The summed E-state index contributed by atoms with van der Waals surface area (Å²) in [4.78, 5) is 2.71. The molecule has 1 heterocycles. The molecule has 1 atom stereocenters. The highest BCUT2D eigenvalue weighted by Crippen LogP contribution is 2.24. The van der Waals surface area contributed by atoms with E-state index in [0.29, 0.717) is 0 Å². The predicted octanol–water partition coefficient (Wildman–Crippen LogP) is 4.96. The van der Waals surface area contributed by atoms with Crippen molar-refractivity contribution in [1.82, 2.24) is 4.90 Å². The van der Waals surface area contributed by atoms with Crippen molar-refractivity contribution < 1.29 is 0 Å². The average molecular weight is 253 g/mol. The maximum atomic E-state index is 2.71. The van der Waals surface area contributed by atoms with Crippen molar-refractivity contribution in [3.63, 3.8) is 0 Å². The lowest BCUT2D eigenvalue weighted by Crippen LogP contribution is -2.36. The Balaban J connectivity index is 2.09. The van der Waals surface area contributed by atoms with E-state index in [9.17, 15) is 0 Å². The van der Waals surface area contributed by atoms with E-state index in [0.717, 1.165) is 17.8 Å². The maximum absolute atomic E-state index is 2.71. The topological polar surface area (TPSA) is 3.24 Å². The van der Waals surface area contributed by atoms with Gasteiger partial charge in [0, 0.05) is 6.54 Å². The van der Waals surface area contributed by atoms with Crippen molar-refractivity contribution in [3.8, 4) is 0 Å². The molecule has 0 saturated carbocycles. The Morgan fingerprint density at radius 1 is 1.06 bits per heavy atom. The zero-order valence-corrected chi connectivity index (χ0v) is 13.3. The summed E-state index contributed by atoms with van der Waals surface area (Å²) in [7, 11) is 0. The molecule has 1 heteroatoms. The van der Waals surface area contributed by atoms with Crippen molar-refractivity contribution in [2.75, 3.05) is 19.6 Å². The summed E-state index contributed by atoms with van der Waals surface area (Å²) < 4.78 is 0. The normalized spacial score (nSPS) is 20.5. The molecule has 1 aliphatic rings. The molecule has 0 spiro atoms. The minimum atomic E-state index is 0.889. The summed E-state index contributed by atoms with van der Waals surface area (Å²) in [6.45, 7) is 13.5. The Labute approximate surface area is 115 Å². The van der Waals surface area contributed by atoms with Crippen LogP contribution in [0, 0.1) is 17.8 Å². The van der Waals surface area contributed by atoms with Crippen LogP contribution in [0.2, 0.25) is 0 Å². The second-order valence-electron chi connectivity index (χ2n) is 6.96. The van der Waals surface area contributed by atoms with Gasteiger partial charge in [-0.15, -0.1) is 0 Å². The molecular weight excluding hydrogens is 218 g/mol. The highest BCUT2D eigenvalue weighted by atomic mass is 15.1. The molecule has 0 aromatic rings. The SMILES string of the molecule is CCCC(C)CN1CCC(CCCC(C)C)CC1. The van der Waals surface area contributed by atoms with Crippen LogP contribution in [-0.2, 0) is 0 Å². The summed E-state index contributed by atoms with van der Waals surface area (Å²) in [6, 6.07) is 0. The number of likely N-dealkylation sites (tertiary alicyclic amines) is 1. The van der Waals surface area contributed by atoms with E-state index in [4.69, 9.17) is 0 Å². The lowest BCUT2D eigenvalue weighted by atomic mass is 9.90. The molecule has 0 aromatic heterocycles. The van der Waals surface area contributed by atoms with Gasteiger partial charge in [-0.05, 0) is 50.1 Å². The Bertz CT molecular complexity index is 192. The second-order valence-corrected chi connectivity index (χ2v) is 6.96. The number of nitrogens with zero attached hydrogens (tertiary/aromatic N) is 1. The van der Waals surface area contributed by atoms with Gasteiger partial charge in [-0.1, -0.05) is 53.4 Å². The molecule has 1 unspecified atom stereocenters. The summed E-state index contributed by atoms with van der Waals surface area (Å²) in [5.41, 5.74) is 0. The zero-order valence-electron chi connectivity index (χ0n) is 13.3. The lowest BCUT2D eigenvalue weighted by molar-refractivity contribution is 0.155. The predicted molar refractivity (Wildman–Crippen MR) is 81.9 cm³/mol. The summed E-state index contributed by atoms with van der Waals surface area (Å²) in [5.74, 6) is 2.81. The maximum Gasteiger partial charge on any atom is 0.000702 e. The first kappa shape index (κ1) is 16.0. The van der Waals surface area contributed by atoms with E-state index in [-0.39, 0.29) is 0 Å². The number of piperidine rings is 1. The molecule has 0 radical (unpaired) electrons. The van der Waals surface area contributed by atoms with Gasteiger partial charge in [-0.3, -0.25) is 0 Å². The smallest absolute Gasteiger partial charge is 0.000702 e. The highest BCUT2D eigenvalue weighted by molar-refractivity contribution is 4.73. The van der Waals surface area contributed by atoms with Gasteiger partial charge in [-0.2, -0.15) is 0 Å². The van der Waals surface area contributed by atoms with Gasteiger partial charge in [0.05, 0.1) is 0 Å². The number of hydrogen-bond donors (Lipinski definition) is 0. The van der Waals surface area contributed by atoms with E-state index in [1.54, 1.807) is 0 Å². The number of rotatable bonds is 8. The molecule has 1 fully saturated rings. The van der Waals surface area contributed by atoms with Crippen molar-refractivity contribution in [3.05, 3.63) is 0 Å². The molecule has 0 aliphatic carbocycles. The monoisotopic (exact) mass is 253 g/mol. The highest BCUT2D eigenvalue weighted by Gasteiger charge is 2.19. The quantitative estimate of drug-likeness (QED) is 0.591. The van der Waals surface area contributed by atoms with Crippen LogP contribution in [0.1, 0.15) is 72.6 Å². The van der Waals surface area contributed by atoms with E-state index in [1.165, 1.54) is 64.6 Å². The standard InChI is InChI=1S/C17H35N/c1-5-7-16(4)14-18-12-10-17(11-13-18)9-6-8-15(2)3/h15-17H,5-14H2,1-4H3. The Morgan fingerprint density at radius 2 is 1.72 bits per heavy atom. The minimum absolute atomic E-state index is 0.889. The fourth-order valence-electron chi connectivity index (χ4n) is 3.30. The van der Waals surface area contributed by atoms with Crippen LogP contribution in [0.3, 0.4) is 0 Å². The third kappa shape index (κ3) is 6.78. The molecule has 1 rings (SSSR count). The first-order valence-electron chi connectivity index (χ1n) is 8.34. The van der Waals surface area contributed by atoms with Crippen LogP contribution in [0.4, 0.5) is 0 Å². The first-order valence-corrected chi connectivity index (χ1v) is 8.34. The van der Waals surface area contributed by atoms with E-state index < -0.39 is 0 Å². The lowest BCUT2D eigenvalue weighted by Gasteiger charge is -2.33. The third-order valence-electron chi connectivity index (χ3n) is 4.45. The second kappa shape index (κ2) is 8.96. The molecule has 1 saturated heterocycles. The van der Waals surface area contributed by atoms with Gasteiger partial charge >= 0.3 is 0 Å². The van der Waals surface area contributed by atoms with Crippen LogP contribution in [0.15, 0.2) is 0 Å². The van der Waals surface area contributed by atoms with Gasteiger partial charge < -0.3 is 4.90 Å². The van der Waals surface area contributed by atoms with E-state index >= 15 is 0 Å². The van der Waals surface area contributed by atoms with Gasteiger partial charge in [0.2, 0.25) is 0 Å². The minimum Gasteiger partial charge on any atom is -0.303 e. The van der Waals surface area contributed by atoms with Crippen LogP contribution >= 0.6 is 0 Å². The first-order chi connectivity index (χ1) is 8.61. The van der Waals surface area contributed by atoms with Crippen LogP contribution in [0.25, 0.3) is 0 Å². The molecule has 0 bridgehead atoms. The van der Waals surface area contributed by atoms with E-state index in [1.807, 2.05) is 0 Å². The van der Waals surface area contributed by atoms with Crippen molar-refractivity contribution >= 4 is 0 Å². The van der Waals surface area contributed by atoms with Gasteiger partial charge in [0.15, 0.2) is 0 Å². The van der Waals surface area contributed by atoms with Crippen LogP contribution in [0.5, 0.6) is 0 Å². The fourth-order valence-corrected chi connectivity index (χ4v) is 3.30. The molecule has 108 valence electrons. The van der Waals surface area contributed by atoms with Crippen LogP contribution in [-0.4, -0.2) is 24.5 Å². The van der Waals surface area contributed by atoms with Crippen molar-refractivity contribution in [2.45, 2.75) is 72.6 Å². The summed E-state index contributed by atoms with van der Waals surface area (Å²) >= 11 is 0. The summed E-state index contributed by atoms with van der Waals surface area (Å²) in [5, 5.41) is 0. The average Bonchev–Trinajstić information content (AvgIpc) is 2.31. The molecule has 1 nitrogen and oxygen atoms in total. The molecule has 1 aliphatic heterocycles. The van der Waals surface area contributed by atoms with Gasteiger partial charge in [0.1, 0.15) is 0 Å². The zero-order chi connectivity index (χ0) is 13.4. The van der Waals surface area contributed by atoms with Gasteiger partial charge in [0.25, 0.3) is 0 Å². The Kier molecular flexibility index (Phi) is 7.97. The Hall–Kier alpha value is -0.0400. The summed E-state index contributed by atoms with van der Waals surface area (Å²) in [6.07, 6.45) is 10.0.